The fourth-order valence-electron chi connectivity index (χ4n) is 2.63. The Kier molecular flexibility index (Phi) is 5.55. The number of rotatable bonds is 5. The standard InChI is InChI=1S/C17H24N2O3/c1-4-22-17(21)19-10-5-6-13-12-14(7-8-15(13)19)16(20)9-11-18(2)3/h7-8,12H,4-6,9-11H2,1-3H3. The third-order valence-corrected chi connectivity index (χ3v) is 3.79. The SMILES string of the molecule is CCOC(=O)N1CCCc2cc(C(=O)CCN(C)C)ccc21. The van der Waals surface area contributed by atoms with Crippen LogP contribution in [0.5, 0.6) is 0 Å². The molecule has 1 aromatic rings. The Bertz CT molecular complexity index is 555. The molecule has 1 aromatic carbocycles. The summed E-state index contributed by atoms with van der Waals surface area (Å²) in [6.07, 6.45) is 1.98. The number of benzene rings is 1. The van der Waals surface area contributed by atoms with Gasteiger partial charge in [-0.15, -0.1) is 0 Å². The van der Waals surface area contributed by atoms with Crippen LogP contribution in [0, 0.1) is 0 Å². The number of hydrogen-bond donors (Lipinski definition) is 0. The van der Waals surface area contributed by atoms with Gasteiger partial charge in [0.05, 0.1) is 12.3 Å². The fraction of sp³-hybridized carbons (Fsp3) is 0.529. The van der Waals surface area contributed by atoms with Crippen LogP contribution in [0.3, 0.4) is 0 Å². The molecule has 120 valence electrons. The number of ketones is 1. The highest BCUT2D eigenvalue weighted by Gasteiger charge is 2.24. The largest absolute Gasteiger partial charge is 0.449 e. The van der Waals surface area contributed by atoms with Gasteiger partial charge in [-0.25, -0.2) is 4.79 Å². The Morgan fingerprint density at radius 3 is 2.77 bits per heavy atom. The van der Waals surface area contributed by atoms with Crippen LogP contribution < -0.4 is 4.90 Å². The summed E-state index contributed by atoms with van der Waals surface area (Å²) in [5.41, 5.74) is 2.65. The molecule has 0 spiro atoms. The second-order valence-electron chi connectivity index (χ2n) is 5.77. The van der Waals surface area contributed by atoms with E-state index in [1.54, 1.807) is 11.8 Å². The lowest BCUT2D eigenvalue weighted by molar-refractivity contribution is 0.0972. The number of anilines is 1. The molecule has 1 aliphatic heterocycles. The molecule has 0 atom stereocenters. The van der Waals surface area contributed by atoms with Gasteiger partial charge in [0.25, 0.3) is 0 Å². The molecular formula is C17H24N2O3. The highest BCUT2D eigenvalue weighted by molar-refractivity contribution is 5.98. The average Bonchev–Trinajstić information content (AvgIpc) is 2.51. The molecule has 0 saturated carbocycles. The highest BCUT2D eigenvalue weighted by Crippen LogP contribution is 2.29. The number of fused-ring (bicyclic) bond motifs is 1. The van der Waals surface area contributed by atoms with Crippen LogP contribution in [0.25, 0.3) is 0 Å². The summed E-state index contributed by atoms with van der Waals surface area (Å²) in [5, 5.41) is 0. The normalized spacial score (nSPS) is 13.9. The van der Waals surface area contributed by atoms with E-state index >= 15 is 0 Å². The monoisotopic (exact) mass is 304 g/mol. The fourth-order valence-corrected chi connectivity index (χ4v) is 2.63. The zero-order valence-corrected chi connectivity index (χ0v) is 13.6. The lowest BCUT2D eigenvalue weighted by Crippen LogP contribution is -2.36. The van der Waals surface area contributed by atoms with Gasteiger partial charge in [-0.2, -0.15) is 0 Å². The maximum atomic E-state index is 12.2. The van der Waals surface area contributed by atoms with Crippen LogP contribution in [0.2, 0.25) is 0 Å². The van der Waals surface area contributed by atoms with Gasteiger partial charge in [-0.05, 0) is 57.6 Å². The van der Waals surface area contributed by atoms with Crippen molar-refractivity contribution in [2.45, 2.75) is 26.2 Å². The predicted molar refractivity (Wildman–Crippen MR) is 86.6 cm³/mol. The second kappa shape index (κ2) is 7.40. The van der Waals surface area contributed by atoms with Crippen LogP contribution in [-0.2, 0) is 11.2 Å². The first-order chi connectivity index (χ1) is 10.5. The van der Waals surface area contributed by atoms with Gasteiger partial charge in [0.2, 0.25) is 0 Å². The predicted octanol–water partition coefficient (Wildman–Crippen LogP) is 2.73. The molecule has 0 N–H and O–H groups in total. The molecule has 1 aliphatic rings. The maximum absolute atomic E-state index is 12.2. The minimum Gasteiger partial charge on any atom is -0.449 e. The molecule has 0 radical (unpaired) electrons. The van der Waals surface area contributed by atoms with Gasteiger partial charge >= 0.3 is 6.09 Å². The molecule has 22 heavy (non-hydrogen) atoms. The van der Waals surface area contributed by atoms with Gasteiger partial charge in [0.15, 0.2) is 5.78 Å². The Morgan fingerprint density at radius 1 is 1.32 bits per heavy atom. The summed E-state index contributed by atoms with van der Waals surface area (Å²) in [7, 11) is 3.91. The van der Waals surface area contributed by atoms with Crippen LogP contribution in [0.1, 0.15) is 35.7 Å². The van der Waals surface area contributed by atoms with E-state index in [0.29, 0.717) is 19.6 Å². The lowest BCUT2D eigenvalue weighted by atomic mass is 9.97. The highest BCUT2D eigenvalue weighted by atomic mass is 16.6. The summed E-state index contributed by atoms with van der Waals surface area (Å²) < 4.78 is 5.10. The molecule has 0 aromatic heterocycles. The van der Waals surface area contributed by atoms with E-state index in [4.69, 9.17) is 4.74 Å². The lowest BCUT2D eigenvalue weighted by Gasteiger charge is -2.28. The van der Waals surface area contributed by atoms with Gasteiger partial charge in [-0.3, -0.25) is 9.69 Å². The van der Waals surface area contributed by atoms with Crippen molar-refractivity contribution in [2.24, 2.45) is 0 Å². The van der Waals surface area contributed by atoms with E-state index in [0.717, 1.165) is 36.2 Å². The van der Waals surface area contributed by atoms with Gasteiger partial charge in [0.1, 0.15) is 0 Å². The molecule has 0 bridgehead atoms. The van der Waals surface area contributed by atoms with Crippen LogP contribution >= 0.6 is 0 Å². The zero-order valence-electron chi connectivity index (χ0n) is 13.6. The number of ether oxygens (including phenoxy) is 1. The first-order valence-electron chi connectivity index (χ1n) is 7.78. The molecular weight excluding hydrogens is 280 g/mol. The van der Waals surface area contributed by atoms with Gasteiger partial charge in [-0.1, -0.05) is 0 Å². The smallest absolute Gasteiger partial charge is 0.414 e. The number of hydrogen-bond acceptors (Lipinski definition) is 4. The quantitative estimate of drug-likeness (QED) is 0.785. The molecule has 5 heteroatoms. The van der Waals surface area contributed by atoms with Gasteiger partial charge < -0.3 is 9.64 Å². The molecule has 0 aliphatic carbocycles. The first-order valence-corrected chi connectivity index (χ1v) is 7.78. The van der Waals surface area contributed by atoms with Crippen molar-refractivity contribution in [1.29, 1.82) is 0 Å². The first kappa shape index (κ1) is 16.5. The number of Topliss-reactive ketones (excluding diaryl/α,β-unsaturated/α-hetero) is 1. The van der Waals surface area contributed by atoms with E-state index in [-0.39, 0.29) is 11.9 Å². The van der Waals surface area contributed by atoms with Crippen LogP contribution in [-0.4, -0.2) is 50.6 Å². The molecule has 0 saturated heterocycles. The zero-order chi connectivity index (χ0) is 16.1. The Labute approximate surface area is 131 Å². The summed E-state index contributed by atoms with van der Waals surface area (Å²) in [5.74, 6) is 0.143. The third-order valence-electron chi connectivity index (χ3n) is 3.79. The number of nitrogens with zero attached hydrogens (tertiary/aromatic N) is 2. The molecule has 2 rings (SSSR count). The van der Waals surface area contributed by atoms with E-state index in [1.165, 1.54) is 0 Å². The Hall–Kier alpha value is -1.88. The van der Waals surface area contributed by atoms with E-state index < -0.39 is 0 Å². The number of carbonyl (C=O) groups excluding carboxylic acids is 2. The third kappa shape index (κ3) is 3.85. The van der Waals surface area contributed by atoms with Crippen molar-refractivity contribution in [2.75, 3.05) is 38.7 Å². The van der Waals surface area contributed by atoms with Crippen molar-refractivity contribution < 1.29 is 14.3 Å². The van der Waals surface area contributed by atoms with Crippen LogP contribution in [0.15, 0.2) is 18.2 Å². The van der Waals surface area contributed by atoms with Crippen molar-refractivity contribution in [3.63, 3.8) is 0 Å². The average molecular weight is 304 g/mol. The van der Waals surface area contributed by atoms with E-state index in [2.05, 4.69) is 0 Å². The molecule has 1 amide bonds. The maximum Gasteiger partial charge on any atom is 0.414 e. The van der Waals surface area contributed by atoms with E-state index in [9.17, 15) is 9.59 Å². The summed E-state index contributed by atoms with van der Waals surface area (Å²) in [6, 6.07) is 5.61. The second-order valence-corrected chi connectivity index (χ2v) is 5.77. The van der Waals surface area contributed by atoms with Crippen molar-refractivity contribution in [1.82, 2.24) is 4.90 Å². The molecule has 0 fully saturated rings. The summed E-state index contributed by atoms with van der Waals surface area (Å²) in [4.78, 5) is 27.9. The van der Waals surface area contributed by atoms with Crippen LogP contribution in [0.4, 0.5) is 10.5 Å². The minimum absolute atomic E-state index is 0.143. The molecule has 1 heterocycles. The summed E-state index contributed by atoms with van der Waals surface area (Å²) in [6.45, 7) is 3.58. The Balaban J connectivity index is 2.17. The van der Waals surface area contributed by atoms with Crippen molar-refractivity contribution in [3.05, 3.63) is 29.3 Å². The van der Waals surface area contributed by atoms with Crippen molar-refractivity contribution in [3.8, 4) is 0 Å². The van der Waals surface area contributed by atoms with Crippen molar-refractivity contribution >= 4 is 17.6 Å². The Morgan fingerprint density at radius 2 is 2.09 bits per heavy atom. The number of carbonyl (C=O) groups is 2. The summed E-state index contributed by atoms with van der Waals surface area (Å²) >= 11 is 0. The topological polar surface area (TPSA) is 49.9 Å². The minimum atomic E-state index is -0.310. The number of amides is 1. The van der Waals surface area contributed by atoms with Gasteiger partial charge in [0, 0.05) is 25.1 Å². The molecule has 5 nitrogen and oxygen atoms in total. The van der Waals surface area contributed by atoms with E-state index in [1.807, 2.05) is 37.2 Å². The number of aryl methyl sites for hydroxylation is 1. The molecule has 0 unspecified atom stereocenters.